The summed E-state index contributed by atoms with van der Waals surface area (Å²) in [6, 6.07) is 13.4. The average Bonchev–Trinajstić information content (AvgIpc) is 3.21. The molecule has 0 saturated carbocycles. The van der Waals surface area contributed by atoms with Gasteiger partial charge in [0.1, 0.15) is 5.82 Å². The van der Waals surface area contributed by atoms with Crippen molar-refractivity contribution in [2.24, 2.45) is 0 Å². The van der Waals surface area contributed by atoms with Gasteiger partial charge in [0.2, 0.25) is 0 Å². The fourth-order valence-electron chi connectivity index (χ4n) is 4.18. The Morgan fingerprint density at radius 3 is 2.16 bits per heavy atom. The van der Waals surface area contributed by atoms with E-state index < -0.39 is 11.9 Å². The van der Waals surface area contributed by atoms with Crippen LogP contribution in [-0.4, -0.2) is 46.7 Å². The van der Waals surface area contributed by atoms with E-state index in [4.69, 9.17) is 10.2 Å². The van der Waals surface area contributed by atoms with E-state index in [0.29, 0.717) is 12.2 Å². The molecule has 0 bridgehead atoms. The second-order valence-corrected chi connectivity index (χ2v) is 7.93. The van der Waals surface area contributed by atoms with Gasteiger partial charge in [-0.1, -0.05) is 42.8 Å². The van der Waals surface area contributed by atoms with Gasteiger partial charge in [-0.2, -0.15) is 0 Å². The molecule has 1 saturated heterocycles. The van der Waals surface area contributed by atoms with Crippen molar-refractivity contribution < 1.29 is 24.2 Å². The van der Waals surface area contributed by atoms with Crippen LogP contribution in [0.3, 0.4) is 0 Å². The third-order valence-electron chi connectivity index (χ3n) is 5.74. The van der Waals surface area contributed by atoms with Crippen molar-refractivity contribution in [3.63, 3.8) is 0 Å². The summed E-state index contributed by atoms with van der Waals surface area (Å²) in [7, 11) is 0. The lowest BCUT2D eigenvalue weighted by molar-refractivity contribution is -0.134. The lowest BCUT2D eigenvalue weighted by Crippen LogP contribution is -2.30. The molecular formula is C26H28FNO4. The zero-order valence-corrected chi connectivity index (χ0v) is 18.0. The molecule has 0 amide bonds. The number of aliphatic carboxylic acids is 2. The molecule has 0 unspecified atom stereocenters. The van der Waals surface area contributed by atoms with Crippen LogP contribution in [0.5, 0.6) is 0 Å². The van der Waals surface area contributed by atoms with E-state index in [1.807, 2.05) is 12.1 Å². The Bertz CT molecular complexity index is 989. The molecule has 4 rings (SSSR count). The number of nitrogens with zero attached hydrogens (tertiary/aromatic N) is 1. The minimum absolute atomic E-state index is 0.174. The minimum Gasteiger partial charge on any atom is -0.478 e. The molecule has 5 nitrogen and oxygen atoms in total. The number of piperidine rings is 1. The first-order valence-corrected chi connectivity index (χ1v) is 10.9. The highest BCUT2D eigenvalue weighted by atomic mass is 19.1. The molecule has 2 aromatic carbocycles. The first kappa shape index (κ1) is 23.4. The molecule has 6 heteroatoms. The molecule has 2 N–H and O–H groups in total. The SMILES string of the molecule is Fc1ccc(-c2cccc3c2CC=C3CCN2CCCCC2)cc1.O=C(O)C=CC(=O)O. The number of halogens is 1. The summed E-state index contributed by atoms with van der Waals surface area (Å²) in [5, 5.41) is 15.6. The molecule has 0 spiro atoms. The number of benzene rings is 2. The van der Waals surface area contributed by atoms with Crippen molar-refractivity contribution >= 4 is 17.5 Å². The van der Waals surface area contributed by atoms with E-state index >= 15 is 0 Å². The molecule has 0 atom stereocenters. The predicted molar refractivity (Wildman–Crippen MR) is 123 cm³/mol. The standard InChI is InChI=1S/C22H24FN.C4H4O4/c23-19-10-7-17(8-11-19)20-5-4-6-21-18(9-12-22(20)21)13-16-24-14-2-1-3-15-24;5-3(6)1-2-4(7)8/h4-11H,1-3,12-16H2;1-2H,(H,5,6)(H,7,8). The number of hydrogen-bond donors (Lipinski definition) is 2. The topological polar surface area (TPSA) is 77.8 Å². The second-order valence-electron chi connectivity index (χ2n) is 7.93. The quantitative estimate of drug-likeness (QED) is 0.621. The van der Waals surface area contributed by atoms with Gasteiger partial charge in [-0.3, -0.25) is 0 Å². The lowest BCUT2D eigenvalue weighted by atomic mass is 9.94. The van der Waals surface area contributed by atoms with Gasteiger partial charge in [0, 0.05) is 18.7 Å². The molecular weight excluding hydrogens is 409 g/mol. The smallest absolute Gasteiger partial charge is 0.328 e. The molecule has 2 aliphatic rings. The van der Waals surface area contributed by atoms with Gasteiger partial charge in [-0.25, -0.2) is 14.0 Å². The van der Waals surface area contributed by atoms with Gasteiger partial charge in [0.05, 0.1) is 0 Å². The van der Waals surface area contributed by atoms with E-state index in [9.17, 15) is 14.0 Å². The van der Waals surface area contributed by atoms with Gasteiger partial charge in [-0.15, -0.1) is 0 Å². The molecule has 0 radical (unpaired) electrons. The number of carbonyl (C=O) groups is 2. The molecule has 1 heterocycles. The van der Waals surface area contributed by atoms with Crippen molar-refractivity contribution in [2.45, 2.75) is 32.1 Å². The molecule has 1 aliphatic heterocycles. The molecule has 32 heavy (non-hydrogen) atoms. The third-order valence-corrected chi connectivity index (χ3v) is 5.74. The van der Waals surface area contributed by atoms with Crippen LogP contribution >= 0.6 is 0 Å². The van der Waals surface area contributed by atoms with Gasteiger partial charge in [-0.05, 0) is 78.7 Å². The number of hydrogen-bond acceptors (Lipinski definition) is 3. The van der Waals surface area contributed by atoms with Crippen molar-refractivity contribution in [3.8, 4) is 11.1 Å². The number of likely N-dealkylation sites (tertiary alicyclic amines) is 1. The lowest BCUT2D eigenvalue weighted by Gasteiger charge is -2.26. The maximum Gasteiger partial charge on any atom is 0.328 e. The van der Waals surface area contributed by atoms with Crippen molar-refractivity contribution in [1.29, 1.82) is 0 Å². The normalized spacial score (nSPS) is 15.6. The van der Waals surface area contributed by atoms with Crippen LogP contribution < -0.4 is 0 Å². The summed E-state index contributed by atoms with van der Waals surface area (Å²) in [4.78, 5) is 21.7. The Balaban J connectivity index is 0.000000312. The summed E-state index contributed by atoms with van der Waals surface area (Å²) in [6.45, 7) is 3.69. The zero-order valence-electron chi connectivity index (χ0n) is 18.0. The fourth-order valence-corrected chi connectivity index (χ4v) is 4.18. The Kier molecular flexibility index (Phi) is 8.34. The van der Waals surface area contributed by atoms with Gasteiger partial charge in [0.15, 0.2) is 0 Å². The number of allylic oxidation sites excluding steroid dienone is 1. The average molecular weight is 438 g/mol. The first-order chi connectivity index (χ1) is 15.4. The maximum absolute atomic E-state index is 13.2. The van der Waals surface area contributed by atoms with E-state index in [-0.39, 0.29) is 5.82 Å². The summed E-state index contributed by atoms with van der Waals surface area (Å²) in [6.07, 6.45) is 9.74. The van der Waals surface area contributed by atoms with Crippen molar-refractivity contribution in [3.05, 3.63) is 77.6 Å². The van der Waals surface area contributed by atoms with Gasteiger partial charge >= 0.3 is 11.9 Å². The molecule has 168 valence electrons. The number of carboxylic acids is 2. The molecule has 1 fully saturated rings. The van der Waals surface area contributed by atoms with E-state index in [2.05, 4.69) is 29.2 Å². The predicted octanol–water partition coefficient (Wildman–Crippen LogP) is 5.02. The minimum atomic E-state index is -1.26. The summed E-state index contributed by atoms with van der Waals surface area (Å²) >= 11 is 0. The third kappa shape index (κ3) is 6.62. The Hall–Kier alpha value is -3.25. The van der Waals surface area contributed by atoms with Crippen LogP contribution in [0.25, 0.3) is 16.7 Å². The van der Waals surface area contributed by atoms with Crippen LogP contribution in [0.2, 0.25) is 0 Å². The van der Waals surface area contributed by atoms with Crippen LogP contribution in [0.1, 0.15) is 36.8 Å². The van der Waals surface area contributed by atoms with Crippen LogP contribution in [-0.2, 0) is 16.0 Å². The van der Waals surface area contributed by atoms with Crippen LogP contribution in [0.15, 0.2) is 60.7 Å². The highest BCUT2D eigenvalue weighted by Gasteiger charge is 2.19. The van der Waals surface area contributed by atoms with Crippen LogP contribution in [0, 0.1) is 5.82 Å². The van der Waals surface area contributed by atoms with Crippen LogP contribution in [0.4, 0.5) is 4.39 Å². The summed E-state index contributed by atoms with van der Waals surface area (Å²) in [5.74, 6) is -2.69. The Morgan fingerprint density at radius 1 is 0.906 bits per heavy atom. The number of carboxylic acid groups (broad SMARTS) is 2. The van der Waals surface area contributed by atoms with Gasteiger partial charge < -0.3 is 15.1 Å². The summed E-state index contributed by atoms with van der Waals surface area (Å²) < 4.78 is 13.2. The maximum atomic E-state index is 13.2. The van der Waals surface area contributed by atoms with E-state index in [1.54, 1.807) is 12.1 Å². The molecule has 2 aromatic rings. The fraction of sp³-hybridized carbons (Fsp3) is 0.308. The highest BCUT2D eigenvalue weighted by Crippen LogP contribution is 2.36. The molecule has 0 aromatic heterocycles. The van der Waals surface area contributed by atoms with E-state index in [0.717, 1.165) is 18.4 Å². The highest BCUT2D eigenvalue weighted by molar-refractivity contribution is 5.89. The van der Waals surface area contributed by atoms with E-state index in [1.165, 1.54) is 61.2 Å². The van der Waals surface area contributed by atoms with Crippen molar-refractivity contribution in [2.75, 3.05) is 19.6 Å². The Labute approximate surface area is 187 Å². The number of fused-ring (bicyclic) bond motifs is 1. The molecule has 1 aliphatic carbocycles. The summed E-state index contributed by atoms with van der Waals surface area (Å²) in [5.41, 5.74) is 6.64. The van der Waals surface area contributed by atoms with Gasteiger partial charge in [0.25, 0.3) is 0 Å². The Morgan fingerprint density at radius 2 is 1.53 bits per heavy atom. The largest absolute Gasteiger partial charge is 0.478 e. The first-order valence-electron chi connectivity index (χ1n) is 10.9. The van der Waals surface area contributed by atoms with Crippen molar-refractivity contribution in [1.82, 2.24) is 4.90 Å². The number of rotatable bonds is 6. The zero-order chi connectivity index (χ0) is 22.9. The second kappa shape index (κ2) is 11.4. The monoisotopic (exact) mass is 437 g/mol.